The van der Waals surface area contributed by atoms with Crippen molar-refractivity contribution < 1.29 is 14.3 Å². The first-order valence-electron chi connectivity index (χ1n) is 16.5. The molecule has 2 aliphatic heterocycles. The van der Waals surface area contributed by atoms with Gasteiger partial charge in [0.05, 0.1) is 17.1 Å². The standard InChI is InChI=1S/C37H40ClN5O3/c1-19-6-8-23(14-19)34-40-31(33(38)42-34)22-9-11-25-24(15-22)18-45-30-17-26-21(16-27(25)30)10-12-28-32(26)41-35(39-28)29-13-7-20(2)43(29)36(44)46-37(3,4)5/h9-12,15-17,19-20,23,29H,6-8,13-14,18H2,1-5H3,(H,39,41)(H,40,42)/t19-,20-,23+,29-/m0/s1. The Balaban J connectivity index is 1.12. The topological polar surface area (TPSA) is 96.1 Å². The molecule has 0 bridgehead atoms. The Morgan fingerprint density at radius 3 is 2.61 bits per heavy atom. The van der Waals surface area contributed by atoms with E-state index in [0.29, 0.717) is 17.7 Å². The van der Waals surface area contributed by atoms with Gasteiger partial charge in [-0.2, -0.15) is 0 Å². The SMILES string of the molecule is C[C@H]1CC[C@@H](c2nc(-c3ccc4c(c3)COc3cc5c(ccc6[nH]c([C@@H]7CC[C@H](C)N7C(=O)OC(C)(C)C)nc65)cc3-4)c(Cl)[nH]2)C1. The zero-order valence-electron chi connectivity index (χ0n) is 27.0. The van der Waals surface area contributed by atoms with Gasteiger partial charge < -0.3 is 19.4 Å². The maximum Gasteiger partial charge on any atom is 0.411 e. The molecule has 9 heteroatoms. The van der Waals surface area contributed by atoms with E-state index in [9.17, 15) is 4.79 Å². The summed E-state index contributed by atoms with van der Waals surface area (Å²) in [6, 6.07) is 14.9. The normalized spacial score (nSPS) is 22.7. The Bertz CT molecular complexity index is 2010. The van der Waals surface area contributed by atoms with Crippen molar-refractivity contribution in [1.82, 2.24) is 24.8 Å². The lowest BCUT2D eigenvalue weighted by Gasteiger charge is -2.30. The number of amides is 1. The molecule has 0 radical (unpaired) electrons. The van der Waals surface area contributed by atoms with Crippen LogP contribution in [-0.2, 0) is 11.3 Å². The predicted octanol–water partition coefficient (Wildman–Crippen LogP) is 9.68. The maximum atomic E-state index is 13.2. The number of imidazole rings is 2. The summed E-state index contributed by atoms with van der Waals surface area (Å²) in [6.07, 6.45) is 4.99. The molecule has 238 valence electrons. The molecule has 3 aromatic carbocycles. The van der Waals surface area contributed by atoms with Crippen LogP contribution in [0.1, 0.15) is 95.9 Å². The molecule has 5 aromatic rings. The second-order valence-electron chi connectivity index (χ2n) is 14.5. The molecule has 0 spiro atoms. The summed E-state index contributed by atoms with van der Waals surface area (Å²) in [5, 5.41) is 2.70. The molecule has 1 saturated heterocycles. The molecule has 3 aliphatic rings. The first-order chi connectivity index (χ1) is 22.0. The number of carbonyl (C=O) groups is 1. The fourth-order valence-corrected chi connectivity index (χ4v) is 7.94. The fraction of sp³-hybridized carbons (Fsp3) is 0.432. The zero-order valence-corrected chi connectivity index (χ0v) is 27.8. The number of nitrogens with one attached hydrogen (secondary N) is 2. The number of carbonyl (C=O) groups excluding carboxylic acids is 1. The molecule has 4 atom stereocenters. The molecule has 8 nitrogen and oxygen atoms in total. The van der Waals surface area contributed by atoms with E-state index in [2.05, 4.69) is 66.3 Å². The number of nitrogens with zero attached hydrogens (tertiary/aromatic N) is 3. The van der Waals surface area contributed by atoms with Gasteiger partial charge in [-0.25, -0.2) is 14.8 Å². The van der Waals surface area contributed by atoms with Crippen molar-refractivity contribution in [3.63, 3.8) is 0 Å². The number of halogens is 1. The van der Waals surface area contributed by atoms with Gasteiger partial charge in [0.1, 0.15) is 40.5 Å². The summed E-state index contributed by atoms with van der Waals surface area (Å²) in [5.74, 6) is 3.81. The number of H-pyrrole nitrogens is 2. The number of aromatic amines is 2. The van der Waals surface area contributed by atoms with Crippen LogP contribution in [0.5, 0.6) is 5.75 Å². The minimum absolute atomic E-state index is 0.0769. The molecule has 1 amide bonds. The summed E-state index contributed by atoms with van der Waals surface area (Å²) in [4.78, 5) is 31.9. The molecule has 1 saturated carbocycles. The van der Waals surface area contributed by atoms with Crippen LogP contribution in [-0.4, -0.2) is 42.6 Å². The smallest absolute Gasteiger partial charge is 0.411 e. The van der Waals surface area contributed by atoms with Gasteiger partial charge in [0, 0.05) is 28.5 Å². The number of hydrogen-bond donors (Lipinski definition) is 2. The van der Waals surface area contributed by atoms with Gasteiger partial charge in [-0.1, -0.05) is 36.7 Å². The average molecular weight is 638 g/mol. The van der Waals surface area contributed by atoms with Crippen LogP contribution in [0.4, 0.5) is 4.79 Å². The lowest BCUT2D eigenvalue weighted by molar-refractivity contribution is 0.0152. The highest BCUT2D eigenvalue weighted by molar-refractivity contribution is 6.32. The second-order valence-corrected chi connectivity index (χ2v) is 14.9. The molecule has 8 rings (SSSR count). The van der Waals surface area contributed by atoms with Gasteiger partial charge in [-0.15, -0.1) is 0 Å². The number of hydrogen-bond acceptors (Lipinski definition) is 5. The largest absolute Gasteiger partial charge is 0.488 e. The van der Waals surface area contributed by atoms with E-state index in [4.69, 9.17) is 31.0 Å². The molecule has 2 aromatic heterocycles. The highest BCUT2D eigenvalue weighted by atomic mass is 35.5. The van der Waals surface area contributed by atoms with E-state index in [1.807, 2.05) is 25.7 Å². The Labute approximate surface area is 273 Å². The number of fused-ring (bicyclic) bond motifs is 6. The second kappa shape index (κ2) is 10.8. The van der Waals surface area contributed by atoms with E-state index >= 15 is 0 Å². The highest BCUT2D eigenvalue weighted by Gasteiger charge is 2.39. The lowest BCUT2D eigenvalue weighted by atomic mass is 9.92. The van der Waals surface area contributed by atoms with Crippen LogP contribution in [0.25, 0.3) is 44.2 Å². The third-order valence-corrected chi connectivity index (χ3v) is 10.3. The van der Waals surface area contributed by atoms with Crippen molar-refractivity contribution in [2.75, 3.05) is 0 Å². The number of likely N-dealkylation sites (tertiary alicyclic amines) is 1. The van der Waals surface area contributed by atoms with Gasteiger partial charge in [-0.3, -0.25) is 4.90 Å². The molecular formula is C37H40ClN5O3. The fourth-order valence-electron chi connectivity index (χ4n) is 7.69. The van der Waals surface area contributed by atoms with Crippen molar-refractivity contribution in [3.8, 4) is 28.1 Å². The van der Waals surface area contributed by atoms with Gasteiger partial charge in [0.15, 0.2) is 0 Å². The van der Waals surface area contributed by atoms with E-state index in [-0.39, 0.29) is 18.2 Å². The first-order valence-corrected chi connectivity index (χ1v) is 16.9. The first kappa shape index (κ1) is 29.4. The van der Waals surface area contributed by atoms with E-state index in [1.54, 1.807) is 0 Å². The molecule has 1 aliphatic carbocycles. The van der Waals surface area contributed by atoms with Gasteiger partial charge in [-0.05, 0) is 106 Å². The number of benzene rings is 3. The predicted molar refractivity (Wildman–Crippen MR) is 181 cm³/mol. The molecule has 2 N–H and O–H groups in total. The van der Waals surface area contributed by atoms with Crippen LogP contribution < -0.4 is 4.74 Å². The third-order valence-electron chi connectivity index (χ3n) is 9.99. The summed E-state index contributed by atoms with van der Waals surface area (Å²) in [5.41, 5.74) is 6.39. The van der Waals surface area contributed by atoms with Crippen LogP contribution >= 0.6 is 11.6 Å². The van der Waals surface area contributed by atoms with E-state index in [1.165, 1.54) is 6.42 Å². The monoisotopic (exact) mass is 637 g/mol. The number of rotatable bonds is 3. The summed E-state index contributed by atoms with van der Waals surface area (Å²) in [6.45, 7) is 10.5. The van der Waals surface area contributed by atoms with Crippen molar-refractivity contribution in [3.05, 3.63) is 64.8 Å². The van der Waals surface area contributed by atoms with Crippen LogP contribution in [0.3, 0.4) is 0 Å². The Morgan fingerprint density at radius 2 is 1.83 bits per heavy atom. The molecule has 2 fully saturated rings. The summed E-state index contributed by atoms with van der Waals surface area (Å²) in [7, 11) is 0. The number of aromatic nitrogens is 4. The van der Waals surface area contributed by atoms with E-state index in [0.717, 1.165) is 98.8 Å². The summed E-state index contributed by atoms with van der Waals surface area (Å²) >= 11 is 6.69. The minimum Gasteiger partial charge on any atom is -0.488 e. The van der Waals surface area contributed by atoms with Crippen LogP contribution in [0, 0.1) is 5.92 Å². The minimum atomic E-state index is -0.559. The third kappa shape index (κ3) is 5.02. The lowest BCUT2D eigenvalue weighted by Crippen LogP contribution is -2.40. The van der Waals surface area contributed by atoms with Crippen LogP contribution in [0.2, 0.25) is 5.15 Å². The Hall–Kier alpha value is -4.04. The maximum absolute atomic E-state index is 13.2. The van der Waals surface area contributed by atoms with Gasteiger partial charge in [0.25, 0.3) is 0 Å². The van der Waals surface area contributed by atoms with E-state index < -0.39 is 5.60 Å². The number of ether oxygens (including phenoxy) is 2. The van der Waals surface area contributed by atoms with Gasteiger partial charge >= 0.3 is 6.09 Å². The highest BCUT2D eigenvalue weighted by Crippen LogP contribution is 2.44. The van der Waals surface area contributed by atoms with Crippen molar-refractivity contribution in [1.29, 1.82) is 0 Å². The molecule has 4 heterocycles. The quantitative estimate of drug-likeness (QED) is 0.205. The average Bonchev–Trinajstić information content (AvgIpc) is 3.80. The Morgan fingerprint density at radius 1 is 0.978 bits per heavy atom. The van der Waals surface area contributed by atoms with Crippen molar-refractivity contribution in [2.24, 2.45) is 5.92 Å². The molecular weight excluding hydrogens is 598 g/mol. The van der Waals surface area contributed by atoms with Crippen LogP contribution in [0.15, 0.2) is 42.5 Å². The Kier molecular flexibility index (Phi) is 6.87. The summed E-state index contributed by atoms with van der Waals surface area (Å²) < 4.78 is 12.1. The molecule has 0 unspecified atom stereocenters. The van der Waals surface area contributed by atoms with Crippen molar-refractivity contribution in [2.45, 2.75) is 96.9 Å². The van der Waals surface area contributed by atoms with Gasteiger partial charge in [0.2, 0.25) is 0 Å². The van der Waals surface area contributed by atoms with Crippen molar-refractivity contribution >= 4 is 39.5 Å². The zero-order chi connectivity index (χ0) is 31.9. The molecule has 46 heavy (non-hydrogen) atoms.